The third-order valence-electron chi connectivity index (χ3n) is 2.16. The molecule has 1 rings (SSSR count). The third-order valence-corrected chi connectivity index (χ3v) is 2.35. The van der Waals surface area contributed by atoms with Crippen LogP contribution in [0.3, 0.4) is 0 Å². The van der Waals surface area contributed by atoms with Crippen LogP contribution in [0.15, 0.2) is 0 Å². The summed E-state index contributed by atoms with van der Waals surface area (Å²) in [7, 11) is 0. The first kappa shape index (κ1) is 16.5. The van der Waals surface area contributed by atoms with Gasteiger partial charge in [0.15, 0.2) is 23.3 Å². The van der Waals surface area contributed by atoms with Gasteiger partial charge in [0.1, 0.15) is 16.6 Å². The number of hydrogen-bond donors (Lipinski definition) is 1. The molecular formula is C10H5ClF7NO. The minimum Gasteiger partial charge on any atom is -0.320 e. The van der Waals surface area contributed by atoms with Crippen LogP contribution in [0.25, 0.3) is 0 Å². The fourth-order valence-corrected chi connectivity index (χ4v) is 1.27. The SMILES string of the molecule is C[C@H](Cl)C(=O)Nc1c(F)c(F)c(C(F)(F)F)c(F)c1F. The molecule has 1 aromatic carbocycles. The van der Waals surface area contributed by atoms with Crippen molar-refractivity contribution in [3.63, 3.8) is 0 Å². The number of amides is 1. The van der Waals surface area contributed by atoms with E-state index >= 15 is 0 Å². The van der Waals surface area contributed by atoms with Gasteiger partial charge in [-0.25, -0.2) is 17.6 Å². The van der Waals surface area contributed by atoms with Crippen LogP contribution in [0.5, 0.6) is 0 Å². The lowest BCUT2D eigenvalue weighted by atomic mass is 10.1. The van der Waals surface area contributed by atoms with Gasteiger partial charge in [0.05, 0.1) is 0 Å². The predicted octanol–water partition coefficient (Wildman–Crippen LogP) is 3.83. The summed E-state index contributed by atoms with van der Waals surface area (Å²) in [5.74, 6) is -11.3. The molecule has 0 fully saturated rings. The van der Waals surface area contributed by atoms with Gasteiger partial charge in [0.2, 0.25) is 5.91 Å². The Morgan fingerprint density at radius 3 is 1.75 bits per heavy atom. The molecule has 1 amide bonds. The maximum absolute atomic E-state index is 13.3. The molecule has 0 bridgehead atoms. The topological polar surface area (TPSA) is 29.1 Å². The van der Waals surface area contributed by atoms with E-state index in [1.807, 2.05) is 0 Å². The normalized spacial score (nSPS) is 13.2. The molecule has 1 aromatic rings. The second-order valence-corrected chi connectivity index (χ2v) is 4.26. The monoisotopic (exact) mass is 323 g/mol. The van der Waals surface area contributed by atoms with Gasteiger partial charge in [-0.15, -0.1) is 11.6 Å². The van der Waals surface area contributed by atoms with Crippen LogP contribution >= 0.6 is 11.6 Å². The number of anilines is 1. The Kier molecular flexibility index (Phi) is 4.52. The van der Waals surface area contributed by atoms with Gasteiger partial charge < -0.3 is 5.32 Å². The van der Waals surface area contributed by atoms with Gasteiger partial charge in [-0.2, -0.15) is 13.2 Å². The molecule has 112 valence electrons. The standard InChI is InChI=1S/C10H5ClF7NO/c1-2(11)9(20)19-8-6(14)4(12)3(10(16,17)18)5(13)7(8)15/h2H,1H3,(H,19,20)/t2-/m0/s1. The predicted molar refractivity (Wildman–Crippen MR) is 55.2 cm³/mol. The first-order chi connectivity index (χ1) is 8.98. The zero-order valence-corrected chi connectivity index (χ0v) is 10.3. The largest absolute Gasteiger partial charge is 0.422 e. The van der Waals surface area contributed by atoms with E-state index in [9.17, 15) is 35.5 Å². The number of nitrogens with one attached hydrogen (secondary N) is 1. The van der Waals surface area contributed by atoms with Crippen LogP contribution in [0, 0.1) is 23.3 Å². The molecule has 2 nitrogen and oxygen atoms in total. The quantitative estimate of drug-likeness (QED) is 0.500. The lowest BCUT2D eigenvalue weighted by Crippen LogP contribution is -2.24. The fourth-order valence-electron chi connectivity index (χ4n) is 1.21. The molecule has 0 spiro atoms. The van der Waals surface area contributed by atoms with Crippen LogP contribution in [-0.2, 0) is 11.0 Å². The maximum atomic E-state index is 13.3. The van der Waals surface area contributed by atoms with Gasteiger partial charge in [-0.3, -0.25) is 4.79 Å². The van der Waals surface area contributed by atoms with E-state index < -0.39 is 52.0 Å². The highest BCUT2D eigenvalue weighted by molar-refractivity contribution is 6.32. The van der Waals surface area contributed by atoms with Crippen LogP contribution < -0.4 is 5.32 Å². The molecule has 10 heteroatoms. The lowest BCUT2D eigenvalue weighted by Gasteiger charge is -2.15. The number of hydrogen-bond acceptors (Lipinski definition) is 1. The van der Waals surface area contributed by atoms with E-state index in [2.05, 4.69) is 0 Å². The number of benzene rings is 1. The van der Waals surface area contributed by atoms with Gasteiger partial charge in [-0.1, -0.05) is 0 Å². The molecule has 0 aliphatic heterocycles. The molecule has 20 heavy (non-hydrogen) atoms. The van der Waals surface area contributed by atoms with Crippen molar-refractivity contribution in [1.29, 1.82) is 0 Å². The van der Waals surface area contributed by atoms with Crippen molar-refractivity contribution in [1.82, 2.24) is 0 Å². The molecular weight excluding hydrogens is 319 g/mol. The average Bonchev–Trinajstić information content (AvgIpc) is 2.30. The smallest absolute Gasteiger partial charge is 0.320 e. The Balaban J connectivity index is 3.49. The van der Waals surface area contributed by atoms with Gasteiger partial charge in [0, 0.05) is 0 Å². The molecule has 0 aromatic heterocycles. The van der Waals surface area contributed by atoms with Crippen molar-refractivity contribution in [3.8, 4) is 0 Å². The van der Waals surface area contributed by atoms with E-state index in [4.69, 9.17) is 11.6 Å². The van der Waals surface area contributed by atoms with Crippen molar-refractivity contribution in [2.75, 3.05) is 5.32 Å². The third kappa shape index (κ3) is 2.97. The summed E-state index contributed by atoms with van der Waals surface area (Å²) in [6.07, 6.45) is -5.64. The zero-order chi connectivity index (χ0) is 15.8. The van der Waals surface area contributed by atoms with Crippen molar-refractivity contribution in [2.24, 2.45) is 0 Å². The highest BCUT2D eigenvalue weighted by Crippen LogP contribution is 2.38. The Morgan fingerprint density at radius 2 is 1.45 bits per heavy atom. The van der Waals surface area contributed by atoms with Crippen molar-refractivity contribution in [2.45, 2.75) is 18.5 Å². The van der Waals surface area contributed by atoms with Crippen LogP contribution in [0.4, 0.5) is 36.4 Å². The minimum atomic E-state index is -5.64. The number of carbonyl (C=O) groups excluding carboxylic acids is 1. The highest BCUT2D eigenvalue weighted by atomic mass is 35.5. The highest BCUT2D eigenvalue weighted by Gasteiger charge is 2.42. The van der Waals surface area contributed by atoms with E-state index in [0.29, 0.717) is 0 Å². The Hall–Kier alpha value is -1.51. The first-order valence-electron chi connectivity index (χ1n) is 4.86. The van der Waals surface area contributed by atoms with Crippen LogP contribution in [-0.4, -0.2) is 11.3 Å². The molecule has 0 saturated heterocycles. The van der Waals surface area contributed by atoms with Crippen molar-refractivity contribution in [3.05, 3.63) is 28.8 Å². The summed E-state index contributed by atoms with van der Waals surface area (Å²) in [6, 6.07) is 0. The molecule has 1 atom stereocenters. The molecule has 0 unspecified atom stereocenters. The molecule has 1 N–H and O–H groups in total. The summed E-state index contributed by atoms with van der Waals surface area (Å²) < 4.78 is 89.8. The van der Waals surface area contributed by atoms with E-state index in [-0.39, 0.29) is 0 Å². The number of carbonyl (C=O) groups is 1. The summed E-state index contributed by atoms with van der Waals surface area (Å²) in [6.45, 7) is 1.07. The summed E-state index contributed by atoms with van der Waals surface area (Å²) >= 11 is 5.24. The van der Waals surface area contributed by atoms with E-state index in [1.54, 1.807) is 0 Å². The second kappa shape index (κ2) is 5.47. The number of alkyl halides is 4. The van der Waals surface area contributed by atoms with Gasteiger partial charge in [0.25, 0.3) is 0 Å². The molecule has 0 aliphatic carbocycles. The van der Waals surface area contributed by atoms with Crippen LogP contribution in [0.2, 0.25) is 0 Å². The van der Waals surface area contributed by atoms with Crippen molar-refractivity contribution < 1.29 is 35.5 Å². The fraction of sp³-hybridized carbons (Fsp3) is 0.300. The Labute approximate surface area is 112 Å². The lowest BCUT2D eigenvalue weighted by molar-refractivity contribution is -0.143. The van der Waals surface area contributed by atoms with Gasteiger partial charge >= 0.3 is 6.18 Å². The Bertz CT molecular complexity index is 527. The summed E-state index contributed by atoms with van der Waals surface area (Å²) in [5.41, 5.74) is -4.39. The van der Waals surface area contributed by atoms with Crippen LogP contribution in [0.1, 0.15) is 12.5 Å². The number of halogens is 8. The zero-order valence-electron chi connectivity index (χ0n) is 9.51. The molecule has 0 radical (unpaired) electrons. The molecule has 0 saturated carbocycles. The molecule has 0 heterocycles. The van der Waals surface area contributed by atoms with E-state index in [1.165, 1.54) is 5.32 Å². The van der Waals surface area contributed by atoms with Crippen molar-refractivity contribution >= 4 is 23.2 Å². The summed E-state index contributed by atoms with van der Waals surface area (Å²) in [4.78, 5) is 11.1. The van der Waals surface area contributed by atoms with E-state index in [0.717, 1.165) is 6.92 Å². The first-order valence-corrected chi connectivity index (χ1v) is 5.30. The second-order valence-electron chi connectivity index (χ2n) is 3.61. The van der Waals surface area contributed by atoms with Gasteiger partial charge in [-0.05, 0) is 6.92 Å². The Morgan fingerprint density at radius 1 is 1.05 bits per heavy atom. The minimum absolute atomic E-state index is 1.07. The number of rotatable bonds is 2. The molecule has 0 aliphatic rings. The maximum Gasteiger partial charge on any atom is 0.422 e. The average molecular weight is 324 g/mol. The summed E-state index contributed by atoms with van der Waals surface area (Å²) in [5, 5.41) is 0.0387.